The van der Waals surface area contributed by atoms with Crippen LogP contribution in [0.25, 0.3) is 0 Å². The Kier molecular flexibility index (Phi) is 5.48. The number of nitrogens with one attached hydrogen (secondary N) is 1. The highest BCUT2D eigenvalue weighted by atomic mass is 16.6. The van der Waals surface area contributed by atoms with Crippen LogP contribution in [0.3, 0.4) is 0 Å². The van der Waals surface area contributed by atoms with Crippen LogP contribution in [-0.2, 0) is 11.3 Å². The largest absolute Gasteiger partial charge is 0.493 e. The Bertz CT molecular complexity index is 459. The summed E-state index contributed by atoms with van der Waals surface area (Å²) in [6.45, 7) is 8.63. The molecule has 0 radical (unpaired) electrons. The molecule has 1 saturated heterocycles. The van der Waals surface area contributed by atoms with E-state index in [0.29, 0.717) is 6.61 Å². The van der Waals surface area contributed by atoms with Crippen LogP contribution in [0.1, 0.15) is 39.2 Å². The van der Waals surface area contributed by atoms with Gasteiger partial charge in [-0.15, -0.1) is 0 Å². The third-order valence-electron chi connectivity index (χ3n) is 3.81. The van der Waals surface area contributed by atoms with Crippen molar-refractivity contribution in [3.05, 3.63) is 23.8 Å². The standard InChI is InChI=1S/C17H27NO3/c1-5-18-11-13-7-6-8-15(19-4)16(13)20-12-14-9-10-17(2,3)21-14/h6-8,14,18H,5,9-12H2,1-4H3. The molecule has 0 spiro atoms. The molecule has 21 heavy (non-hydrogen) atoms. The van der Waals surface area contributed by atoms with Gasteiger partial charge in [-0.25, -0.2) is 0 Å². The van der Waals surface area contributed by atoms with Gasteiger partial charge in [0, 0.05) is 12.1 Å². The van der Waals surface area contributed by atoms with Crippen LogP contribution in [0.4, 0.5) is 0 Å². The predicted molar refractivity (Wildman–Crippen MR) is 84.1 cm³/mol. The number of rotatable bonds is 7. The highest BCUT2D eigenvalue weighted by Crippen LogP contribution is 2.33. The highest BCUT2D eigenvalue weighted by Gasteiger charge is 2.32. The lowest BCUT2D eigenvalue weighted by atomic mass is 10.1. The molecule has 0 bridgehead atoms. The fraction of sp³-hybridized carbons (Fsp3) is 0.647. The fourth-order valence-electron chi connectivity index (χ4n) is 2.66. The minimum Gasteiger partial charge on any atom is -0.493 e. The van der Waals surface area contributed by atoms with Crippen molar-refractivity contribution >= 4 is 0 Å². The second kappa shape index (κ2) is 7.14. The second-order valence-electron chi connectivity index (χ2n) is 6.08. The molecule has 1 heterocycles. The first kappa shape index (κ1) is 16.1. The van der Waals surface area contributed by atoms with E-state index in [9.17, 15) is 0 Å². The smallest absolute Gasteiger partial charge is 0.165 e. The quantitative estimate of drug-likeness (QED) is 0.838. The van der Waals surface area contributed by atoms with Crippen molar-refractivity contribution in [2.45, 2.75) is 51.9 Å². The van der Waals surface area contributed by atoms with Crippen molar-refractivity contribution in [2.24, 2.45) is 0 Å². The zero-order valence-electron chi connectivity index (χ0n) is 13.6. The van der Waals surface area contributed by atoms with Gasteiger partial charge in [-0.2, -0.15) is 0 Å². The summed E-state index contributed by atoms with van der Waals surface area (Å²) in [4.78, 5) is 0. The van der Waals surface area contributed by atoms with Crippen LogP contribution >= 0.6 is 0 Å². The minimum absolute atomic E-state index is 0.0264. The molecule has 4 heteroatoms. The monoisotopic (exact) mass is 293 g/mol. The Hall–Kier alpha value is -1.26. The van der Waals surface area contributed by atoms with Crippen LogP contribution < -0.4 is 14.8 Å². The summed E-state index contributed by atoms with van der Waals surface area (Å²) >= 11 is 0. The number of methoxy groups -OCH3 is 1. The lowest BCUT2D eigenvalue weighted by Crippen LogP contribution is -2.24. The van der Waals surface area contributed by atoms with Crippen LogP contribution in [0.5, 0.6) is 11.5 Å². The Morgan fingerprint density at radius 3 is 2.81 bits per heavy atom. The molecule has 1 unspecified atom stereocenters. The average Bonchev–Trinajstić information content (AvgIpc) is 2.82. The van der Waals surface area contributed by atoms with Crippen molar-refractivity contribution < 1.29 is 14.2 Å². The summed E-state index contributed by atoms with van der Waals surface area (Å²) in [5.74, 6) is 1.61. The molecule has 118 valence electrons. The van der Waals surface area contributed by atoms with Crippen LogP contribution in [0.2, 0.25) is 0 Å². The van der Waals surface area contributed by atoms with Gasteiger partial charge < -0.3 is 19.5 Å². The Morgan fingerprint density at radius 2 is 2.19 bits per heavy atom. The van der Waals surface area contributed by atoms with Gasteiger partial charge in [0.2, 0.25) is 0 Å². The molecule has 1 aliphatic heterocycles. The van der Waals surface area contributed by atoms with E-state index in [1.54, 1.807) is 7.11 Å². The number of ether oxygens (including phenoxy) is 3. The molecule has 0 aromatic heterocycles. The average molecular weight is 293 g/mol. The maximum atomic E-state index is 6.04. The number of hydrogen-bond acceptors (Lipinski definition) is 4. The summed E-state index contributed by atoms with van der Waals surface area (Å²) in [5, 5.41) is 3.33. The first-order valence-corrected chi connectivity index (χ1v) is 7.73. The van der Waals surface area contributed by atoms with Gasteiger partial charge in [-0.05, 0) is 39.3 Å². The number of benzene rings is 1. The van der Waals surface area contributed by atoms with Gasteiger partial charge in [0.05, 0.1) is 18.8 Å². The van der Waals surface area contributed by atoms with Crippen LogP contribution in [0, 0.1) is 0 Å². The third-order valence-corrected chi connectivity index (χ3v) is 3.81. The maximum absolute atomic E-state index is 6.04. The molecule has 1 atom stereocenters. The summed E-state index contributed by atoms with van der Waals surface area (Å²) < 4.78 is 17.5. The van der Waals surface area contributed by atoms with Gasteiger partial charge in [-0.3, -0.25) is 0 Å². The van der Waals surface area contributed by atoms with Gasteiger partial charge in [0.25, 0.3) is 0 Å². The molecule has 1 fully saturated rings. The molecule has 1 aromatic carbocycles. The zero-order valence-corrected chi connectivity index (χ0v) is 13.6. The molecule has 1 N–H and O–H groups in total. The third kappa shape index (κ3) is 4.35. The van der Waals surface area contributed by atoms with Gasteiger partial charge in [-0.1, -0.05) is 19.1 Å². The van der Waals surface area contributed by atoms with Crippen LogP contribution in [-0.4, -0.2) is 32.0 Å². The van der Waals surface area contributed by atoms with Crippen molar-refractivity contribution in [3.8, 4) is 11.5 Å². The van der Waals surface area contributed by atoms with Gasteiger partial charge in [0.15, 0.2) is 11.5 Å². The summed E-state index contributed by atoms with van der Waals surface area (Å²) in [5.41, 5.74) is 1.09. The van der Waals surface area contributed by atoms with Crippen molar-refractivity contribution in [1.82, 2.24) is 5.32 Å². The molecular weight excluding hydrogens is 266 g/mol. The van der Waals surface area contributed by atoms with E-state index in [-0.39, 0.29) is 11.7 Å². The highest BCUT2D eigenvalue weighted by molar-refractivity contribution is 5.46. The van der Waals surface area contributed by atoms with Crippen molar-refractivity contribution in [2.75, 3.05) is 20.3 Å². The van der Waals surface area contributed by atoms with Crippen molar-refractivity contribution in [3.63, 3.8) is 0 Å². The molecule has 1 aromatic rings. The second-order valence-corrected chi connectivity index (χ2v) is 6.08. The maximum Gasteiger partial charge on any atom is 0.165 e. The molecule has 0 saturated carbocycles. The van der Waals surface area contributed by atoms with E-state index in [0.717, 1.165) is 43.0 Å². The van der Waals surface area contributed by atoms with E-state index in [2.05, 4.69) is 32.2 Å². The van der Waals surface area contributed by atoms with Crippen LogP contribution in [0.15, 0.2) is 18.2 Å². The van der Waals surface area contributed by atoms with E-state index >= 15 is 0 Å². The molecule has 4 nitrogen and oxygen atoms in total. The fourth-order valence-corrected chi connectivity index (χ4v) is 2.66. The topological polar surface area (TPSA) is 39.7 Å². The zero-order chi connectivity index (χ0) is 15.3. The molecule has 0 aliphatic carbocycles. The number of hydrogen-bond donors (Lipinski definition) is 1. The summed E-state index contributed by atoms with van der Waals surface area (Å²) in [6.07, 6.45) is 2.29. The SMILES string of the molecule is CCNCc1cccc(OC)c1OCC1CCC(C)(C)O1. The van der Waals surface area contributed by atoms with E-state index < -0.39 is 0 Å². The Labute approximate surface area is 127 Å². The Morgan fingerprint density at radius 1 is 1.38 bits per heavy atom. The van der Waals surface area contributed by atoms with E-state index in [1.807, 2.05) is 12.1 Å². The molecular formula is C17H27NO3. The lowest BCUT2D eigenvalue weighted by Gasteiger charge is -2.21. The van der Waals surface area contributed by atoms with Gasteiger partial charge >= 0.3 is 0 Å². The van der Waals surface area contributed by atoms with Gasteiger partial charge in [0.1, 0.15) is 6.61 Å². The van der Waals surface area contributed by atoms with Crippen molar-refractivity contribution in [1.29, 1.82) is 0 Å². The number of para-hydroxylation sites is 1. The molecule has 2 rings (SSSR count). The Balaban J connectivity index is 2.03. The molecule has 0 amide bonds. The van der Waals surface area contributed by atoms with E-state index in [1.165, 1.54) is 0 Å². The summed E-state index contributed by atoms with van der Waals surface area (Å²) in [6, 6.07) is 6.00. The minimum atomic E-state index is -0.0264. The summed E-state index contributed by atoms with van der Waals surface area (Å²) in [7, 11) is 1.68. The first-order chi connectivity index (χ1) is 10.1. The molecule has 1 aliphatic rings. The first-order valence-electron chi connectivity index (χ1n) is 7.73. The lowest BCUT2D eigenvalue weighted by molar-refractivity contribution is -0.0330. The normalized spacial score (nSPS) is 20.5. The van der Waals surface area contributed by atoms with E-state index in [4.69, 9.17) is 14.2 Å². The predicted octanol–water partition coefficient (Wildman–Crippen LogP) is 3.14.